The van der Waals surface area contributed by atoms with Crippen LogP contribution in [0.3, 0.4) is 0 Å². The summed E-state index contributed by atoms with van der Waals surface area (Å²) in [5, 5.41) is 3.58. The van der Waals surface area contributed by atoms with Gasteiger partial charge >= 0.3 is 0 Å². The normalized spacial score (nSPS) is 12.9. The minimum atomic E-state index is -4.14. The lowest BCUT2D eigenvalue weighted by molar-refractivity contribution is -0.139. The van der Waals surface area contributed by atoms with Crippen molar-refractivity contribution in [3.05, 3.63) is 93.5 Å². The number of nitrogens with one attached hydrogen (secondary N) is 1. The summed E-state index contributed by atoms with van der Waals surface area (Å²) in [7, 11) is -4.14. The van der Waals surface area contributed by atoms with Crippen LogP contribution in [0.2, 0.25) is 10.0 Å². The Morgan fingerprint density at radius 3 is 2.10 bits per heavy atom. The van der Waals surface area contributed by atoms with E-state index in [0.717, 1.165) is 15.4 Å². The maximum atomic E-state index is 14.0. The van der Waals surface area contributed by atoms with Crippen molar-refractivity contribution in [2.75, 3.05) is 10.8 Å². The van der Waals surface area contributed by atoms with Crippen molar-refractivity contribution in [3.63, 3.8) is 0 Å². The van der Waals surface area contributed by atoms with Gasteiger partial charge < -0.3 is 10.2 Å². The van der Waals surface area contributed by atoms with Gasteiger partial charge in [0.15, 0.2) is 0 Å². The fourth-order valence-corrected chi connectivity index (χ4v) is 5.98. The highest BCUT2D eigenvalue weighted by Crippen LogP contribution is 2.29. The number of carbonyl (C=O) groups excluding carboxylic acids is 2. The molecule has 0 fully saturated rings. The van der Waals surface area contributed by atoms with Gasteiger partial charge in [0.2, 0.25) is 11.8 Å². The second-order valence-corrected chi connectivity index (χ2v) is 12.5. The average molecular weight is 605 g/mol. The van der Waals surface area contributed by atoms with Crippen molar-refractivity contribution in [1.82, 2.24) is 10.2 Å². The average Bonchev–Trinajstić information content (AvgIpc) is 2.93. The topological polar surface area (TPSA) is 86.8 Å². The molecule has 2 atom stereocenters. The van der Waals surface area contributed by atoms with Gasteiger partial charge in [0.25, 0.3) is 10.0 Å². The number of halogens is 2. The zero-order chi connectivity index (χ0) is 29.6. The molecule has 0 bridgehead atoms. The Morgan fingerprint density at radius 1 is 0.900 bits per heavy atom. The molecule has 10 heteroatoms. The van der Waals surface area contributed by atoms with Crippen LogP contribution in [0.4, 0.5) is 5.69 Å². The Balaban J connectivity index is 2.08. The van der Waals surface area contributed by atoms with Crippen LogP contribution < -0.4 is 9.62 Å². The third-order valence-electron chi connectivity index (χ3n) is 6.95. The molecule has 7 nitrogen and oxygen atoms in total. The number of hydrogen-bond acceptors (Lipinski definition) is 4. The number of benzene rings is 3. The van der Waals surface area contributed by atoms with Crippen molar-refractivity contribution >= 4 is 50.7 Å². The number of hydrogen-bond donors (Lipinski definition) is 1. The highest BCUT2D eigenvalue weighted by atomic mass is 35.5. The number of amides is 2. The van der Waals surface area contributed by atoms with Crippen molar-refractivity contribution in [2.24, 2.45) is 0 Å². The predicted molar refractivity (Wildman–Crippen MR) is 161 cm³/mol. The van der Waals surface area contributed by atoms with E-state index >= 15 is 0 Å². The number of carbonyl (C=O) groups is 2. The summed E-state index contributed by atoms with van der Waals surface area (Å²) in [5.41, 5.74) is 2.66. The first-order chi connectivity index (χ1) is 18.9. The smallest absolute Gasteiger partial charge is 0.264 e. The van der Waals surface area contributed by atoms with Crippen molar-refractivity contribution in [3.8, 4) is 0 Å². The lowest BCUT2D eigenvalue weighted by Gasteiger charge is -2.33. The van der Waals surface area contributed by atoms with Crippen LogP contribution in [0.25, 0.3) is 0 Å². The first-order valence-corrected chi connectivity index (χ1v) is 15.2. The number of sulfonamides is 1. The summed E-state index contributed by atoms with van der Waals surface area (Å²) in [4.78, 5) is 28.6. The minimum absolute atomic E-state index is 0.0456. The number of nitrogens with zero attached hydrogens (tertiary/aromatic N) is 2. The molecule has 0 unspecified atom stereocenters. The van der Waals surface area contributed by atoms with E-state index in [9.17, 15) is 18.0 Å². The first kappa shape index (κ1) is 31.5. The number of rotatable bonds is 11. The van der Waals surface area contributed by atoms with Crippen LogP contribution in [-0.4, -0.2) is 43.8 Å². The van der Waals surface area contributed by atoms with Crippen LogP contribution in [0.15, 0.2) is 71.6 Å². The Morgan fingerprint density at radius 2 is 1.52 bits per heavy atom. The Bertz CT molecular complexity index is 1440. The molecule has 40 heavy (non-hydrogen) atoms. The van der Waals surface area contributed by atoms with Gasteiger partial charge in [-0.2, -0.15) is 0 Å². The quantitative estimate of drug-likeness (QED) is 0.285. The van der Waals surface area contributed by atoms with Crippen molar-refractivity contribution < 1.29 is 18.0 Å². The molecular weight excluding hydrogens is 569 g/mol. The van der Waals surface area contributed by atoms with Gasteiger partial charge in [-0.05, 0) is 81.6 Å². The molecule has 3 aromatic carbocycles. The summed E-state index contributed by atoms with van der Waals surface area (Å²) < 4.78 is 28.8. The van der Waals surface area contributed by atoms with E-state index in [2.05, 4.69) is 5.32 Å². The maximum Gasteiger partial charge on any atom is 0.264 e. The van der Waals surface area contributed by atoms with E-state index < -0.39 is 28.5 Å². The minimum Gasteiger partial charge on any atom is -0.352 e. The fourth-order valence-electron chi connectivity index (χ4n) is 4.03. The van der Waals surface area contributed by atoms with Crippen LogP contribution >= 0.6 is 23.2 Å². The highest BCUT2D eigenvalue weighted by Gasteiger charge is 2.33. The summed E-state index contributed by atoms with van der Waals surface area (Å²) in [6, 6.07) is 17.1. The molecule has 3 aromatic rings. The first-order valence-electron chi connectivity index (χ1n) is 13.0. The van der Waals surface area contributed by atoms with Gasteiger partial charge in [0, 0.05) is 28.2 Å². The molecule has 0 aromatic heterocycles. The number of anilines is 1. The molecule has 0 saturated heterocycles. The molecule has 214 valence electrons. The lowest BCUT2D eigenvalue weighted by Crippen LogP contribution is -2.52. The fraction of sp³-hybridized carbons (Fsp3) is 0.333. The molecule has 0 aliphatic heterocycles. The van der Waals surface area contributed by atoms with E-state index in [1.54, 1.807) is 55.5 Å². The highest BCUT2D eigenvalue weighted by molar-refractivity contribution is 7.92. The third kappa shape index (κ3) is 7.36. The summed E-state index contributed by atoms with van der Waals surface area (Å²) in [6.45, 7) is 8.59. The molecule has 0 saturated carbocycles. The van der Waals surface area contributed by atoms with E-state index in [1.165, 1.54) is 17.0 Å². The van der Waals surface area contributed by atoms with Crippen molar-refractivity contribution in [2.45, 2.75) is 64.6 Å². The van der Waals surface area contributed by atoms with E-state index in [0.29, 0.717) is 27.7 Å². The van der Waals surface area contributed by atoms with Gasteiger partial charge in [-0.15, -0.1) is 0 Å². The van der Waals surface area contributed by atoms with Gasteiger partial charge in [-0.1, -0.05) is 60.5 Å². The van der Waals surface area contributed by atoms with Gasteiger partial charge in [0.1, 0.15) is 12.6 Å². The van der Waals surface area contributed by atoms with Crippen LogP contribution in [-0.2, 0) is 26.2 Å². The largest absolute Gasteiger partial charge is 0.352 e. The standard InChI is InChI=1S/C30H35Cl2N3O4S/c1-6-22(4)33-30(37)23(5)34(18-26-27(31)13-10-14-28(26)32)29(36)19-35(24-16-15-20(2)21(3)17-24)40(38,39)25-11-8-7-9-12-25/h7-17,22-23H,6,18-19H2,1-5H3,(H,33,37)/t22-,23-/m0/s1. The lowest BCUT2D eigenvalue weighted by atomic mass is 10.1. The van der Waals surface area contributed by atoms with Gasteiger partial charge in [-0.25, -0.2) is 8.42 Å². The summed E-state index contributed by atoms with van der Waals surface area (Å²) in [5.74, 6) is -0.949. The number of aryl methyl sites for hydroxylation is 2. The molecule has 2 amide bonds. The molecule has 1 N–H and O–H groups in total. The molecule has 0 aliphatic rings. The Kier molecular flexibility index (Phi) is 10.6. The Labute approximate surface area is 247 Å². The van der Waals surface area contributed by atoms with E-state index in [1.807, 2.05) is 33.8 Å². The Hall–Kier alpha value is -3.07. The predicted octanol–water partition coefficient (Wildman–Crippen LogP) is 6.14. The van der Waals surface area contributed by atoms with Gasteiger partial charge in [0.05, 0.1) is 10.6 Å². The molecule has 0 aliphatic carbocycles. The second-order valence-electron chi connectivity index (χ2n) is 9.81. The molecular formula is C30H35Cl2N3O4S. The SMILES string of the molecule is CC[C@H](C)NC(=O)[C@H](C)N(Cc1c(Cl)cccc1Cl)C(=O)CN(c1ccc(C)c(C)c1)S(=O)(=O)c1ccccc1. The summed E-state index contributed by atoms with van der Waals surface area (Å²) >= 11 is 12.9. The molecule has 0 heterocycles. The molecule has 3 rings (SSSR count). The second kappa shape index (κ2) is 13.5. The molecule has 0 radical (unpaired) electrons. The van der Waals surface area contributed by atoms with E-state index in [-0.39, 0.29) is 23.4 Å². The zero-order valence-corrected chi connectivity index (χ0v) is 25.6. The molecule has 0 spiro atoms. The zero-order valence-electron chi connectivity index (χ0n) is 23.3. The van der Waals surface area contributed by atoms with Gasteiger partial charge in [-0.3, -0.25) is 13.9 Å². The van der Waals surface area contributed by atoms with Crippen LogP contribution in [0.5, 0.6) is 0 Å². The summed E-state index contributed by atoms with van der Waals surface area (Å²) in [6.07, 6.45) is 0.707. The third-order valence-corrected chi connectivity index (χ3v) is 9.44. The monoisotopic (exact) mass is 603 g/mol. The van der Waals surface area contributed by atoms with Crippen LogP contribution in [0.1, 0.15) is 43.9 Å². The van der Waals surface area contributed by atoms with E-state index in [4.69, 9.17) is 23.2 Å². The van der Waals surface area contributed by atoms with Crippen LogP contribution in [0, 0.1) is 13.8 Å². The van der Waals surface area contributed by atoms with Crippen molar-refractivity contribution in [1.29, 1.82) is 0 Å². The maximum absolute atomic E-state index is 14.0.